The molecular formula is C20H25FN2O6S. The van der Waals surface area contributed by atoms with E-state index in [-0.39, 0.29) is 17.9 Å². The van der Waals surface area contributed by atoms with Crippen LogP contribution in [-0.4, -0.2) is 48.5 Å². The number of halogens is 1. The normalized spacial score (nSPS) is 12.6. The van der Waals surface area contributed by atoms with Gasteiger partial charge in [0.15, 0.2) is 6.29 Å². The van der Waals surface area contributed by atoms with Crippen LogP contribution in [0.2, 0.25) is 0 Å². The minimum Gasteiger partial charge on any atom is -0.497 e. The summed E-state index contributed by atoms with van der Waals surface area (Å²) in [7, 11) is 0.393. The van der Waals surface area contributed by atoms with E-state index in [2.05, 4.69) is 10.0 Å². The zero-order chi connectivity index (χ0) is 22.1. The van der Waals surface area contributed by atoms with Gasteiger partial charge in [0.05, 0.1) is 24.6 Å². The van der Waals surface area contributed by atoms with Crippen molar-refractivity contribution in [3.8, 4) is 5.75 Å². The molecule has 0 aliphatic heterocycles. The summed E-state index contributed by atoms with van der Waals surface area (Å²) in [5, 5.41) is 2.64. The van der Waals surface area contributed by atoms with Gasteiger partial charge >= 0.3 is 0 Å². The monoisotopic (exact) mass is 440 g/mol. The van der Waals surface area contributed by atoms with Gasteiger partial charge in [0, 0.05) is 20.6 Å². The largest absolute Gasteiger partial charge is 0.497 e. The van der Waals surface area contributed by atoms with E-state index in [1.165, 1.54) is 21.3 Å². The molecule has 30 heavy (non-hydrogen) atoms. The van der Waals surface area contributed by atoms with Crippen LogP contribution in [0.1, 0.15) is 18.0 Å². The highest BCUT2D eigenvalue weighted by molar-refractivity contribution is 7.89. The highest BCUT2D eigenvalue weighted by Crippen LogP contribution is 2.23. The van der Waals surface area contributed by atoms with Gasteiger partial charge in [0.1, 0.15) is 11.6 Å². The third-order valence-corrected chi connectivity index (χ3v) is 5.81. The third-order valence-electron chi connectivity index (χ3n) is 4.32. The molecule has 1 amide bonds. The Hall–Kier alpha value is -2.53. The van der Waals surface area contributed by atoms with Crippen LogP contribution in [0.15, 0.2) is 53.4 Å². The Morgan fingerprint density at radius 1 is 1.00 bits per heavy atom. The number of carbonyl (C=O) groups excluding carboxylic acids is 1. The van der Waals surface area contributed by atoms with Crippen LogP contribution in [0.5, 0.6) is 5.75 Å². The number of sulfonamides is 1. The summed E-state index contributed by atoms with van der Waals surface area (Å²) < 4.78 is 56.3. The number of rotatable bonds is 11. The maximum Gasteiger partial charge on any atom is 0.241 e. The number of nitrogens with one attached hydrogen (secondary N) is 2. The van der Waals surface area contributed by atoms with Gasteiger partial charge in [-0.2, -0.15) is 0 Å². The van der Waals surface area contributed by atoms with Gasteiger partial charge in [0.2, 0.25) is 15.9 Å². The van der Waals surface area contributed by atoms with Gasteiger partial charge < -0.3 is 19.5 Å². The fourth-order valence-corrected chi connectivity index (χ4v) is 3.87. The van der Waals surface area contributed by atoms with Crippen molar-refractivity contribution in [2.75, 3.05) is 27.9 Å². The lowest BCUT2D eigenvalue weighted by atomic mass is 10.0. The Morgan fingerprint density at radius 2 is 1.60 bits per heavy atom. The molecule has 0 fully saturated rings. The fraction of sp³-hybridized carbons (Fsp3) is 0.350. The van der Waals surface area contributed by atoms with Crippen LogP contribution < -0.4 is 14.8 Å². The Balaban J connectivity index is 2.22. The van der Waals surface area contributed by atoms with Crippen molar-refractivity contribution in [1.82, 2.24) is 10.0 Å². The van der Waals surface area contributed by atoms with E-state index < -0.39 is 34.1 Å². The molecule has 0 radical (unpaired) electrons. The van der Waals surface area contributed by atoms with E-state index in [4.69, 9.17) is 14.2 Å². The van der Waals surface area contributed by atoms with Crippen molar-refractivity contribution in [3.63, 3.8) is 0 Å². The predicted molar refractivity (Wildman–Crippen MR) is 108 cm³/mol. The quantitative estimate of drug-likeness (QED) is 0.518. The first-order chi connectivity index (χ1) is 14.3. The third kappa shape index (κ3) is 6.77. The molecule has 8 nitrogen and oxygen atoms in total. The average molecular weight is 440 g/mol. The van der Waals surface area contributed by atoms with Crippen LogP contribution in [0.4, 0.5) is 4.39 Å². The summed E-state index contributed by atoms with van der Waals surface area (Å²) in [6.07, 6.45) is -0.795. The first-order valence-corrected chi connectivity index (χ1v) is 10.5. The van der Waals surface area contributed by atoms with E-state index in [0.717, 1.165) is 24.3 Å². The SMILES string of the molecule is COc1ccc(C(CC(=O)NCC(OC)OC)NS(=O)(=O)c2ccc(F)cc2)cc1. The van der Waals surface area contributed by atoms with Gasteiger partial charge in [-0.25, -0.2) is 17.5 Å². The molecule has 1 atom stereocenters. The Morgan fingerprint density at radius 3 is 2.13 bits per heavy atom. The summed E-state index contributed by atoms with van der Waals surface area (Å²) in [5.74, 6) is -0.367. The number of benzene rings is 2. The van der Waals surface area contributed by atoms with Crippen molar-refractivity contribution in [2.24, 2.45) is 0 Å². The number of hydrogen-bond acceptors (Lipinski definition) is 6. The van der Waals surface area contributed by atoms with Crippen molar-refractivity contribution in [3.05, 3.63) is 59.9 Å². The molecule has 0 spiro atoms. The van der Waals surface area contributed by atoms with Crippen LogP contribution >= 0.6 is 0 Å². The topological polar surface area (TPSA) is 103 Å². The standard InChI is InChI=1S/C20H25FN2O6S/c1-27-16-8-4-14(5-9-16)18(12-19(24)22-13-20(28-2)29-3)23-30(25,26)17-10-6-15(21)7-11-17/h4-11,18,20,23H,12-13H2,1-3H3,(H,22,24). The lowest BCUT2D eigenvalue weighted by molar-refractivity contribution is -0.127. The number of carbonyl (C=O) groups is 1. The molecule has 0 aromatic heterocycles. The lowest BCUT2D eigenvalue weighted by Crippen LogP contribution is -2.37. The lowest BCUT2D eigenvalue weighted by Gasteiger charge is -2.20. The summed E-state index contributed by atoms with van der Waals surface area (Å²) in [5.41, 5.74) is 0.562. The number of amides is 1. The molecule has 0 bridgehead atoms. The molecule has 1 unspecified atom stereocenters. The number of methoxy groups -OCH3 is 3. The second-order valence-electron chi connectivity index (χ2n) is 6.31. The second kappa shape index (κ2) is 11.0. The summed E-state index contributed by atoms with van der Waals surface area (Å²) in [6, 6.07) is 10.2. The van der Waals surface area contributed by atoms with Gasteiger partial charge in [-0.3, -0.25) is 4.79 Å². The molecule has 0 aliphatic carbocycles. The van der Waals surface area contributed by atoms with Crippen molar-refractivity contribution < 1.29 is 31.8 Å². The maximum atomic E-state index is 13.2. The highest BCUT2D eigenvalue weighted by atomic mass is 32.2. The van der Waals surface area contributed by atoms with Crippen LogP contribution in [0.3, 0.4) is 0 Å². The van der Waals surface area contributed by atoms with E-state index in [1.807, 2.05) is 0 Å². The second-order valence-corrected chi connectivity index (χ2v) is 8.02. The van der Waals surface area contributed by atoms with Crippen molar-refractivity contribution in [2.45, 2.75) is 23.6 Å². The number of hydrogen-bond donors (Lipinski definition) is 2. The van der Waals surface area contributed by atoms with E-state index >= 15 is 0 Å². The molecular weight excluding hydrogens is 415 g/mol. The van der Waals surface area contributed by atoms with E-state index in [0.29, 0.717) is 11.3 Å². The Bertz CT molecular complexity index is 915. The smallest absolute Gasteiger partial charge is 0.241 e. The van der Waals surface area contributed by atoms with E-state index in [9.17, 15) is 17.6 Å². The first kappa shape index (κ1) is 23.7. The molecule has 0 saturated carbocycles. The molecule has 2 N–H and O–H groups in total. The minimum absolute atomic E-state index is 0.103. The zero-order valence-electron chi connectivity index (χ0n) is 16.9. The van der Waals surface area contributed by atoms with Gasteiger partial charge in [-0.05, 0) is 42.0 Å². The van der Waals surface area contributed by atoms with Crippen LogP contribution in [0.25, 0.3) is 0 Å². The van der Waals surface area contributed by atoms with E-state index in [1.54, 1.807) is 24.3 Å². The number of ether oxygens (including phenoxy) is 3. The molecule has 0 heterocycles. The Kier molecular flexibility index (Phi) is 8.72. The molecule has 0 saturated heterocycles. The zero-order valence-corrected chi connectivity index (χ0v) is 17.7. The summed E-state index contributed by atoms with van der Waals surface area (Å²) >= 11 is 0. The highest BCUT2D eigenvalue weighted by Gasteiger charge is 2.24. The van der Waals surface area contributed by atoms with Crippen LogP contribution in [0, 0.1) is 5.82 Å². The van der Waals surface area contributed by atoms with Crippen molar-refractivity contribution >= 4 is 15.9 Å². The summed E-state index contributed by atoms with van der Waals surface area (Å²) in [6.45, 7) is 0.103. The first-order valence-electron chi connectivity index (χ1n) is 9.03. The summed E-state index contributed by atoms with van der Waals surface area (Å²) in [4.78, 5) is 12.3. The van der Waals surface area contributed by atoms with Gasteiger partial charge in [-0.1, -0.05) is 12.1 Å². The fourth-order valence-electron chi connectivity index (χ4n) is 2.65. The average Bonchev–Trinajstić information content (AvgIpc) is 2.74. The van der Waals surface area contributed by atoms with Crippen molar-refractivity contribution in [1.29, 1.82) is 0 Å². The molecule has 10 heteroatoms. The maximum absolute atomic E-state index is 13.2. The molecule has 2 rings (SSSR count). The predicted octanol–water partition coefficient (Wildman–Crippen LogP) is 1.98. The Labute approximate surface area is 175 Å². The molecule has 2 aromatic rings. The van der Waals surface area contributed by atoms with Gasteiger partial charge in [0.25, 0.3) is 0 Å². The molecule has 0 aliphatic rings. The molecule has 2 aromatic carbocycles. The van der Waals surface area contributed by atoms with Gasteiger partial charge in [-0.15, -0.1) is 0 Å². The molecule has 164 valence electrons. The van der Waals surface area contributed by atoms with Crippen LogP contribution in [-0.2, 0) is 24.3 Å². The minimum atomic E-state index is -4.00.